The number of para-hydroxylation sites is 1. The number of hydrogen-bond acceptors (Lipinski definition) is 3. The van der Waals surface area contributed by atoms with Crippen molar-refractivity contribution in [2.45, 2.75) is 0 Å². The van der Waals surface area contributed by atoms with E-state index >= 15 is 0 Å². The molecule has 0 fully saturated rings. The van der Waals surface area contributed by atoms with Crippen molar-refractivity contribution in [3.63, 3.8) is 0 Å². The molecule has 8 aromatic rings. The molecule has 0 unspecified atom stereocenters. The van der Waals surface area contributed by atoms with E-state index in [1.54, 1.807) is 12.4 Å². The van der Waals surface area contributed by atoms with Gasteiger partial charge in [0, 0.05) is 22.5 Å². The van der Waals surface area contributed by atoms with Crippen LogP contribution in [0.4, 0.5) is 40.1 Å². The summed E-state index contributed by atoms with van der Waals surface area (Å²) in [5, 5.41) is 2.27. The van der Waals surface area contributed by atoms with Crippen molar-refractivity contribution in [1.82, 2.24) is 23.7 Å². The number of fused-ring (bicyclic) bond motifs is 4. The number of nitrogens with zero attached hydrogens (tertiary/aromatic N) is 6. The second-order valence-electron chi connectivity index (χ2n) is 13.0. The molecule has 260 valence electrons. The molecular formula is C47H30N6OPt+4. The van der Waals surface area contributed by atoms with Gasteiger partial charge in [-0.3, -0.25) is 0 Å². The molecule has 0 aliphatic carbocycles. The average molecular weight is 890 g/mol. The van der Waals surface area contributed by atoms with E-state index in [1.807, 2.05) is 52.6 Å². The van der Waals surface area contributed by atoms with E-state index in [0.717, 1.165) is 67.3 Å². The molecule has 10 rings (SSSR count). The summed E-state index contributed by atoms with van der Waals surface area (Å²) in [6.45, 7) is 0. The Bertz CT molecular complexity index is 2890. The summed E-state index contributed by atoms with van der Waals surface area (Å²) in [5.41, 5.74) is 9.05. The molecule has 0 bridgehead atoms. The van der Waals surface area contributed by atoms with Gasteiger partial charge in [-0.1, -0.05) is 108 Å². The summed E-state index contributed by atoms with van der Waals surface area (Å²) >= 11 is 0. The van der Waals surface area contributed by atoms with E-state index < -0.39 is 0 Å². The van der Waals surface area contributed by atoms with Gasteiger partial charge >= 0.3 is 50.4 Å². The molecule has 0 radical (unpaired) electrons. The van der Waals surface area contributed by atoms with Crippen LogP contribution in [0, 0.1) is 12.1 Å². The van der Waals surface area contributed by atoms with Gasteiger partial charge < -0.3 is 4.74 Å². The molecule has 0 saturated carbocycles. The third-order valence-corrected chi connectivity index (χ3v) is 9.62. The van der Waals surface area contributed by atoms with Gasteiger partial charge in [0.1, 0.15) is 12.7 Å². The Labute approximate surface area is 332 Å². The molecule has 0 atom stereocenters. The largest absolute Gasteiger partial charge is 2.00 e. The van der Waals surface area contributed by atoms with E-state index in [-0.39, 0.29) is 21.1 Å². The van der Waals surface area contributed by atoms with E-state index in [4.69, 9.17) is 4.74 Å². The molecule has 0 N–H and O–H groups in total. The zero-order chi connectivity index (χ0) is 36.0. The molecule has 2 aliphatic heterocycles. The molecule has 7 nitrogen and oxygen atoms in total. The van der Waals surface area contributed by atoms with Crippen molar-refractivity contribution in [3.8, 4) is 33.8 Å². The van der Waals surface area contributed by atoms with Gasteiger partial charge in [-0.05, 0) is 45.4 Å². The summed E-state index contributed by atoms with van der Waals surface area (Å²) in [6, 6.07) is 66.1. The Morgan fingerprint density at radius 3 is 1.76 bits per heavy atom. The van der Waals surface area contributed by atoms with Crippen LogP contribution in [-0.2, 0) is 21.1 Å². The van der Waals surface area contributed by atoms with Crippen LogP contribution in [0.25, 0.3) is 33.0 Å². The van der Waals surface area contributed by atoms with E-state index in [1.165, 1.54) is 0 Å². The Morgan fingerprint density at radius 1 is 0.509 bits per heavy atom. The zero-order valence-corrected chi connectivity index (χ0v) is 31.8. The molecular weight excluding hydrogens is 860 g/mol. The average Bonchev–Trinajstić information content (AvgIpc) is 3.80. The smallest absolute Gasteiger partial charge is 0.509 e. The summed E-state index contributed by atoms with van der Waals surface area (Å²) < 4.78 is 14.4. The molecule has 0 amide bonds. The first-order valence-electron chi connectivity index (χ1n) is 17.7. The molecule has 2 aliphatic rings. The first-order chi connectivity index (χ1) is 26.7. The maximum Gasteiger partial charge on any atom is 2.00 e. The van der Waals surface area contributed by atoms with Gasteiger partial charge in [-0.2, -0.15) is 17.1 Å². The Kier molecular flexibility index (Phi) is 8.74. The fraction of sp³-hybridized carbons (Fsp3) is 0.0213. The number of hydrogen-bond donors (Lipinski definition) is 0. The van der Waals surface area contributed by atoms with Crippen molar-refractivity contribution in [2.75, 3.05) is 7.05 Å². The van der Waals surface area contributed by atoms with Crippen molar-refractivity contribution < 1.29 is 30.4 Å². The maximum absolute atomic E-state index is 6.43. The second-order valence-corrected chi connectivity index (χ2v) is 13.0. The summed E-state index contributed by atoms with van der Waals surface area (Å²) in [7, 11) is 1.89. The van der Waals surface area contributed by atoms with E-state index in [9.17, 15) is 0 Å². The Morgan fingerprint density at radius 2 is 1.09 bits per heavy atom. The molecule has 3 heterocycles. The number of ether oxygens (including phenoxy) is 1. The van der Waals surface area contributed by atoms with Crippen molar-refractivity contribution in [3.05, 3.63) is 176 Å². The number of rotatable bonds is 7. The van der Waals surface area contributed by atoms with Gasteiger partial charge in [0.05, 0.1) is 28.4 Å². The fourth-order valence-corrected chi connectivity index (χ4v) is 7.20. The van der Waals surface area contributed by atoms with Gasteiger partial charge in [-0.15, -0.1) is 27.4 Å². The first-order valence-corrected chi connectivity index (χ1v) is 17.7. The minimum absolute atomic E-state index is 0. The summed E-state index contributed by atoms with van der Waals surface area (Å²) in [4.78, 5) is 8.97. The van der Waals surface area contributed by atoms with Crippen LogP contribution in [0.3, 0.4) is 0 Å². The Hall–Kier alpha value is -6.87. The topological polar surface area (TPSA) is 47.0 Å². The SMILES string of the molecule is C[N+]1=C=[N+](c2[c-]c(Oc3[c-]c([N+]4=C=[N+](c5c(-c6ccccc6)cccc5-c5ccccc5)c5c4ccc4ccccc54)ccc3)ccc2)c2nccnc21.[Pt+2]. The second kappa shape index (κ2) is 14.2. The van der Waals surface area contributed by atoms with Crippen LogP contribution in [0.1, 0.15) is 0 Å². The minimum atomic E-state index is 0. The molecule has 7 aromatic carbocycles. The van der Waals surface area contributed by atoms with Crippen LogP contribution in [0.5, 0.6) is 11.5 Å². The standard InChI is InChI=1S/C47H30N6O.Pt/c1-50-31-52(47-46(50)48-27-28-49-47)37-19-11-21-39(30-37)54-38-20-10-18-36(29-38)51-32-53(45-42-22-9-8-17-35(42)25-26-43(45)51)44-40(33-13-4-2-5-14-33)23-12-24-41(44)34-15-6-3-7-16-34;/h2-28H,1H3;/q2*+2. The van der Waals surface area contributed by atoms with Crippen LogP contribution >= 0.6 is 0 Å². The van der Waals surface area contributed by atoms with Crippen LogP contribution in [0.2, 0.25) is 0 Å². The predicted molar refractivity (Wildman–Crippen MR) is 214 cm³/mol. The van der Waals surface area contributed by atoms with Crippen LogP contribution < -0.4 is 18.5 Å². The zero-order valence-electron chi connectivity index (χ0n) is 29.5. The van der Waals surface area contributed by atoms with E-state index in [0.29, 0.717) is 17.3 Å². The van der Waals surface area contributed by atoms with E-state index in [2.05, 4.69) is 159 Å². The maximum atomic E-state index is 6.43. The third kappa shape index (κ3) is 6.03. The fourth-order valence-electron chi connectivity index (χ4n) is 7.20. The van der Waals surface area contributed by atoms with Gasteiger partial charge in [-0.25, -0.2) is 0 Å². The molecule has 0 saturated heterocycles. The van der Waals surface area contributed by atoms with Crippen molar-refractivity contribution >= 4 is 62.9 Å². The number of benzene rings is 7. The Balaban J connectivity index is 0.00000397. The quantitative estimate of drug-likeness (QED) is 0.118. The number of aromatic nitrogens is 2. The van der Waals surface area contributed by atoms with Crippen LogP contribution in [-0.4, -0.2) is 33.6 Å². The van der Waals surface area contributed by atoms with Gasteiger partial charge in [0.25, 0.3) is 5.69 Å². The normalized spacial score (nSPS) is 12.5. The summed E-state index contributed by atoms with van der Waals surface area (Å²) in [5.74, 6) is 2.49. The van der Waals surface area contributed by atoms with Crippen molar-refractivity contribution in [1.29, 1.82) is 0 Å². The van der Waals surface area contributed by atoms with Gasteiger partial charge in [0.15, 0.2) is 6.20 Å². The predicted octanol–water partition coefficient (Wildman–Crippen LogP) is 10.5. The first kappa shape index (κ1) is 33.9. The molecule has 8 heteroatoms. The molecule has 55 heavy (non-hydrogen) atoms. The van der Waals surface area contributed by atoms with Crippen molar-refractivity contribution in [2.24, 2.45) is 0 Å². The molecule has 0 spiro atoms. The molecule has 1 aromatic heterocycles. The third-order valence-electron chi connectivity index (χ3n) is 9.62. The van der Waals surface area contributed by atoms with Gasteiger partial charge in [0.2, 0.25) is 5.69 Å². The monoisotopic (exact) mass is 889 g/mol. The van der Waals surface area contributed by atoms with Crippen LogP contribution in [0.15, 0.2) is 164 Å². The minimum Gasteiger partial charge on any atom is -0.509 e. The summed E-state index contributed by atoms with van der Waals surface area (Å²) in [6.07, 6.45) is 3.34.